The van der Waals surface area contributed by atoms with Crippen molar-refractivity contribution >= 4 is 16.3 Å². The van der Waals surface area contributed by atoms with Gasteiger partial charge in [-0.25, -0.2) is 0 Å². The Bertz CT molecular complexity index is 156. The summed E-state index contributed by atoms with van der Waals surface area (Å²) in [7, 11) is 4.09. The molecule has 1 rings (SSSR count). The van der Waals surface area contributed by atoms with Crippen LogP contribution < -0.4 is 4.90 Å². The first-order chi connectivity index (χ1) is 4.80. The Morgan fingerprint density at radius 2 is 2.00 bits per heavy atom. The monoisotopic (exact) mass is 155 g/mol. The smallest absolute Gasteiger partial charge is 0.0903 e. The Kier molecular flexibility index (Phi) is 4.67. The number of hydrogen-bond acceptors (Lipinski definition) is 2. The summed E-state index contributed by atoms with van der Waals surface area (Å²) in [5.41, 5.74) is 0. The molecule has 1 nitrogen and oxygen atoms in total. The molecule has 0 aliphatic heterocycles. The molecule has 1 aromatic heterocycles. The van der Waals surface area contributed by atoms with E-state index >= 15 is 0 Å². The second-order valence-electron chi connectivity index (χ2n) is 1.85. The van der Waals surface area contributed by atoms with Crippen LogP contribution in [0.2, 0.25) is 0 Å². The van der Waals surface area contributed by atoms with Crippen LogP contribution in [0.25, 0.3) is 0 Å². The maximum Gasteiger partial charge on any atom is 0.0903 e. The topological polar surface area (TPSA) is 3.24 Å². The van der Waals surface area contributed by atoms with Crippen LogP contribution in [0.3, 0.4) is 0 Å². The van der Waals surface area contributed by atoms with Crippen molar-refractivity contribution in [3.63, 3.8) is 0 Å². The highest BCUT2D eigenvalue weighted by Gasteiger charge is 1.90. The Labute approximate surface area is 66.6 Å². The molecule has 0 spiro atoms. The number of hydrogen-bond donors (Lipinski definition) is 0. The normalized spacial score (nSPS) is 7.80. The van der Waals surface area contributed by atoms with E-state index in [2.05, 4.69) is 35.6 Å². The highest BCUT2D eigenvalue weighted by Crippen LogP contribution is 2.17. The molecule has 1 heterocycles. The molecule has 0 saturated heterocycles. The van der Waals surface area contributed by atoms with Crippen molar-refractivity contribution in [2.45, 2.75) is 0 Å². The Balaban J connectivity index is 0.000000371. The van der Waals surface area contributed by atoms with E-state index in [1.807, 2.05) is 14.1 Å². The van der Waals surface area contributed by atoms with Crippen molar-refractivity contribution in [2.24, 2.45) is 0 Å². The van der Waals surface area contributed by atoms with Crippen LogP contribution in [0, 0.1) is 0 Å². The van der Waals surface area contributed by atoms with Crippen LogP contribution in [0.4, 0.5) is 5.00 Å². The van der Waals surface area contributed by atoms with Crippen LogP contribution >= 0.6 is 11.3 Å². The maximum atomic E-state index is 3.00. The van der Waals surface area contributed by atoms with E-state index in [9.17, 15) is 0 Å². The highest BCUT2D eigenvalue weighted by atomic mass is 32.1. The van der Waals surface area contributed by atoms with Gasteiger partial charge in [-0.2, -0.15) is 0 Å². The van der Waals surface area contributed by atoms with Crippen molar-refractivity contribution in [1.29, 1.82) is 0 Å². The van der Waals surface area contributed by atoms with Crippen molar-refractivity contribution in [3.05, 3.63) is 30.7 Å². The zero-order chi connectivity index (χ0) is 7.98. The van der Waals surface area contributed by atoms with Crippen LogP contribution in [0.15, 0.2) is 30.7 Å². The summed E-state index contributed by atoms with van der Waals surface area (Å²) >= 11 is 1.76. The molecule has 2 heteroatoms. The van der Waals surface area contributed by atoms with E-state index in [0.717, 1.165) is 0 Å². The van der Waals surface area contributed by atoms with Crippen LogP contribution in [-0.2, 0) is 0 Å². The standard InChI is InChI=1S/C6H9NS.C2H4/c1-7(2)6-4-3-5-8-6;1-2/h3-5H,1-2H3;1-2H2. The van der Waals surface area contributed by atoms with Gasteiger partial charge in [-0.05, 0) is 17.5 Å². The second-order valence-corrected chi connectivity index (χ2v) is 2.77. The molecular formula is C8H13NS. The summed E-state index contributed by atoms with van der Waals surface area (Å²) in [6.45, 7) is 6.00. The third kappa shape index (κ3) is 2.69. The Hall–Kier alpha value is -0.760. The molecule has 0 aliphatic carbocycles. The molecule has 0 fully saturated rings. The average molecular weight is 155 g/mol. The highest BCUT2D eigenvalue weighted by molar-refractivity contribution is 7.14. The molecule has 0 saturated carbocycles. The van der Waals surface area contributed by atoms with E-state index in [0.29, 0.717) is 0 Å². The fourth-order valence-corrected chi connectivity index (χ4v) is 1.19. The Morgan fingerprint density at radius 1 is 1.40 bits per heavy atom. The number of thiophene rings is 1. The number of anilines is 1. The van der Waals surface area contributed by atoms with E-state index in [-0.39, 0.29) is 0 Å². The van der Waals surface area contributed by atoms with Crippen molar-refractivity contribution in [1.82, 2.24) is 0 Å². The van der Waals surface area contributed by atoms with Gasteiger partial charge in [-0.3, -0.25) is 0 Å². The summed E-state index contributed by atoms with van der Waals surface area (Å²) in [4.78, 5) is 2.10. The molecule has 0 aliphatic rings. The summed E-state index contributed by atoms with van der Waals surface area (Å²) < 4.78 is 0. The predicted octanol–water partition coefficient (Wildman–Crippen LogP) is 2.62. The van der Waals surface area contributed by atoms with E-state index in [1.165, 1.54) is 5.00 Å². The number of nitrogens with zero attached hydrogens (tertiary/aromatic N) is 1. The fourth-order valence-electron chi connectivity index (χ4n) is 0.524. The predicted molar refractivity (Wildman–Crippen MR) is 49.9 cm³/mol. The lowest BCUT2D eigenvalue weighted by Crippen LogP contribution is -2.05. The Morgan fingerprint density at radius 3 is 2.20 bits per heavy atom. The van der Waals surface area contributed by atoms with Gasteiger partial charge < -0.3 is 4.90 Å². The third-order valence-electron chi connectivity index (χ3n) is 0.947. The average Bonchev–Trinajstić information content (AvgIpc) is 2.42. The maximum absolute atomic E-state index is 3.00. The lowest BCUT2D eigenvalue weighted by molar-refractivity contribution is 1.16. The van der Waals surface area contributed by atoms with Crippen molar-refractivity contribution in [2.75, 3.05) is 19.0 Å². The van der Waals surface area contributed by atoms with E-state index in [4.69, 9.17) is 0 Å². The lowest BCUT2D eigenvalue weighted by Gasteiger charge is -2.06. The minimum absolute atomic E-state index is 1.31. The molecule has 56 valence electrons. The van der Waals surface area contributed by atoms with Gasteiger partial charge in [-0.15, -0.1) is 24.5 Å². The van der Waals surface area contributed by atoms with E-state index in [1.54, 1.807) is 11.3 Å². The number of rotatable bonds is 1. The molecule has 10 heavy (non-hydrogen) atoms. The molecule has 0 aromatic carbocycles. The largest absolute Gasteiger partial charge is 0.370 e. The van der Waals surface area contributed by atoms with Crippen molar-refractivity contribution in [3.8, 4) is 0 Å². The molecule has 0 bridgehead atoms. The first-order valence-electron chi connectivity index (χ1n) is 3.01. The van der Waals surface area contributed by atoms with Gasteiger partial charge in [0, 0.05) is 14.1 Å². The third-order valence-corrected chi connectivity index (χ3v) is 1.98. The van der Waals surface area contributed by atoms with Gasteiger partial charge >= 0.3 is 0 Å². The van der Waals surface area contributed by atoms with Gasteiger partial charge in [0.2, 0.25) is 0 Å². The molecular weight excluding hydrogens is 142 g/mol. The summed E-state index contributed by atoms with van der Waals surface area (Å²) in [6.07, 6.45) is 0. The SMILES string of the molecule is C=C.CN(C)c1cccs1. The van der Waals surface area contributed by atoms with Crippen LogP contribution in [-0.4, -0.2) is 14.1 Å². The van der Waals surface area contributed by atoms with Crippen LogP contribution in [0.5, 0.6) is 0 Å². The van der Waals surface area contributed by atoms with Crippen molar-refractivity contribution < 1.29 is 0 Å². The molecule has 0 atom stereocenters. The van der Waals surface area contributed by atoms with Gasteiger partial charge in [0.25, 0.3) is 0 Å². The van der Waals surface area contributed by atoms with E-state index < -0.39 is 0 Å². The summed E-state index contributed by atoms with van der Waals surface area (Å²) in [5, 5.41) is 3.39. The van der Waals surface area contributed by atoms with Gasteiger partial charge in [-0.1, -0.05) is 0 Å². The minimum Gasteiger partial charge on any atom is -0.370 e. The molecule has 1 aromatic rings. The zero-order valence-corrected chi connectivity index (χ0v) is 7.32. The molecule has 0 N–H and O–H groups in total. The summed E-state index contributed by atoms with van der Waals surface area (Å²) in [6, 6.07) is 4.16. The molecule has 0 amide bonds. The molecule has 0 radical (unpaired) electrons. The first kappa shape index (κ1) is 9.24. The van der Waals surface area contributed by atoms with Gasteiger partial charge in [0.05, 0.1) is 5.00 Å². The second kappa shape index (κ2) is 5.06. The minimum atomic E-state index is 1.31. The quantitative estimate of drug-likeness (QED) is 0.563. The lowest BCUT2D eigenvalue weighted by atomic mass is 10.6. The zero-order valence-electron chi connectivity index (χ0n) is 6.50. The summed E-state index contributed by atoms with van der Waals surface area (Å²) in [5.74, 6) is 0. The fraction of sp³-hybridized carbons (Fsp3) is 0.250. The molecule has 0 unspecified atom stereocenters. The van der Waals surface area contributed by atoms with Gasteiger partial charge in [0.15, 0.2) is 0 Å². The van der Waals surface area contributed by atoms with Gasteiger partial charge in [0.1, 0.15) is 0 Å². The van der Waals surface area contributed by atoms with Crippen LogP contribution in [0.1, 0.15) is 0 Å². The first-order valence-corrected chi connectivity index (χ1v) is 3.89.